The first-order chi connectivity index (χ1) is 15.3. The van der Waals surface area contributed by atoms with Gasteiger partial charge in [0.2, 0.25) is 0 Å². The average molecular weight is 445 g/mol. The first kappa shape index (κ1) is 20.2. The summed E-state index contributed by atoms with van der Waals surface area (Å²) in [6.07, 6.45) is 1.48. The number of aliphatic hydroxyl groups excluding tert-OH is 1. The predicted molar refractivity (Wildman–Crippen MR) is 124 cm³/mol. The van der Waals surface area contributed by atoms with Gasteiger partial charge < -0.3 is 9.52 Å². The molecular formula is C25H20N2O4S. The Balaban J connectivity index is 1.74. The first-order valence-electron chi connectivity index (χ1n) is 10.1. The lowest BCUT2D eigenvalue weighted by atomic mass is 9.96. The number of aliphatic hydroxyl groups is 1. The van der Waals surface area contributed by atoms with Gasteiger partial charge in [0.05, 0.1) is 22.1 Å². The fraction of sp³-hybridized carbons (Fsp3) is 0.160. The molecule has 7 heteroatoms. The minimum atomic E-state index is -0.911. The van der Waals surface area contributed by atoms with E-state index in [0.29, 0.717) is 16.5 Å². The highest BCUT2D eigenvalue weighted by Gasteiger charge is 2.49. The van der Waals surface area contributed by atoms with Crippen molar-refractivity contribution in [2.24, 2.45) is 0 Å². The summed E-state index contributed by atoms with van der Waals surface area (Å²) in [4.78, 5) is 32.3. The summed E-state index contributed by atoms with van der Waals surface area (Å²) in [5.41, 5.74) is 4.06. The van der Waals surface area contributed by atoms with Crippen LogP contribution in [0.2, 0.25) is 0 Å². The maximum atomic E-state index is 13.2. The number of rotatable bonds is 3. The zero-order valence-corrected chi connectivity index (χ0v) is 18.6. The van der Waals surface area contributed by atoms with Gasteiger partial charge in [-0.1, -0.05) is 35.1 Å². The Morgan fingerprint density at radius 1 is 1.06 bits per heavy atom. The third-order valence-corrected chi connectivity index (χ3v) is 6.66. The smallest absolute Gasteiger partial charge is 0.302 e. The van der Waals surface area contributed by atoms with E-state index >= 15 is 0 Å². The molecule has 1 atom stereocenters. The highest BCUT2D eigenvalue weighted by Crippen LogP contribution is 2.44. The van der Waals surface area contributed by atoms with E-state index in [1.54, 1.807) is 18.2 Å². The maximum absolute atomic E-state index is 13.2. The van der Waals surface area contributed by atoms with Crippen molar-refractivity contribution >= 4 is 44.1 Å². The molecule has 3 heterocycles. The summed E-state index contributed by atoms with van der Waals surface area (Å²) in [7, 11) is 0. The largest absolute Gasteiger partial charge is 0.507 e. The summed E-state index contributed by atoms with van der Waals surface area (Å²) >= 11 is 1.33. The number of hydrogen-bond acceptors (Lipinski definition) is 6. The number of Topliss-reactive ketones (excluding diaryl/α,β-unsaturated/α-hetero) is 1. The van der Waals surface area contributed by atoms with Gasteiger partial charge in [-0.25, -0.2) is 4.98 Å². The van der Waals surface area contributed by atoms with Crippen molar-refractivity contribution in [3.05, 3.63) is 88.4 Å². The van der Waals surface area contributed by atoms with Crippen molar-refractivity contribution in [1.29, 1.82) is 0 Å². The van der Waals surface area contributed by atoms with Gasteiger partial charge in [0.15, 0.2) is 5.13 Å². The number of benzene rings is 2. The van der Waals surface area contributed by atoms with Crippen molar-refractivity contribution < 1.29 is 19.1 Å². The molecule has 0 spiro atoms. The normalized spacial score (nSPS) is 18.1. The second-order valence-corrected chi connectivity index (χ2v) is 8.98. The molecule has 2 aromatic carbocycles. The van der Waals surface area contributed by atoms with Gasteiger partial charge in [0.25, 0.3) is 5.78 Å². The van der Waals surface area contributed by atoms with E-state index in [2.05, 4.69) is 4.98 Å². The van der Waals surface area contributed by atoms with E-state index < -0.39 is 17.7 Å². The number of carbonyl (C=O) groups is 2. The zero-order valence-electron chi connectivity index (χ0n) is 17.7. The molecule has 0 aliphatic carbocycles. The van der Waals surface area contributed by atoms with Gasteiger partial charge >= 0.3 is 5.91 Å². The van der Waals surface area contributed by atoms with Crippen LogP contribution in [0.15, 0.2) is 64.8 Å². The number of hydrogen-bond donors (Lipinski definition) is 1. The second-order valence-electron chi connectivity index (χ2n) is 7.97. The number of amides is 1. The van der Waals surface area contributed by atoms with Gasteiger partial charge in [-0.15, -0.1) is 0 Å². The summed E-state index contributed by atoms with van der Waals surface area (Å²) in [6, 6.07) is 13.9. The van der Waals surface area contributed by atoms with E-state index in [4.69, 9.17) is 4.42 Å². The van der Waals surface area contributed by atoms with Crippen LogP contribution in [0.5, 0.6) is 0 Å². The molecule has 1 unspecified atom stereocenters. The molecule has 1 saturated heterocycles. The Morgan fingerprint density at radius 3 is 2.56 bits per heavy atom. The number of carbonyl (C=O) groups excluding carboxylic acids is 2. The van der Waals surface area contributed by atoms with Gasteiger partial charge in [-0.2, -0.15) is 0 Å². The molecule has 1 aliphatic rings. The highest BCUT2D eigenvalue weighted by atomic mass is 32.1. The third kappa shape index (κ3) is 3.13. The van der Waals surface area contributed by atoms with Gasteiger partial charge in [0, 0.05) is 5.56 Å². The molecule has 2 aromatic heterocycles. The lowest BCUT2D eigenvalue weighted by Gasteiger charge is -2.20. The zero-order chi connectivity index (χ0) is 22.6. The monoisotopic (exact) mass is 444 g/mol. The highest BCUT2D eigenvalue weighted by molar-refractivity contribution is 7.22. The standard InChI is InChI=1S/C25H20N2O4S/c1-13-6-8-15(3)16(11-13)22(28)20-21(18-5-4-10-31-18)27(24(30)23(20)29)25-26-17-9-7-14(2)12-19(17)32-25/h4-12,21,28H,1-3H3/b22-20+. The van der Waals surface area contributed by atoms with Gasteiger partial charge in [-0.3, -0.25) is 14.5 Å². The molecule has 1 N–H and O–H groups in total. The van der Waals surface area contributed by atoms with Crippen LogP contribution in [0.4, 0.5) is 5.13 Å². The summed E-state index contributed by atoms with van der Waals surface area (Å²) in [5, 5.41) is 11.6. The molecule has 0 radical (unpaired) electrons. The number of aryl methyl sites for hydroxylation is 3. The second kappa shape index (κ2) is 7.46. The van der Waals surface area contributed by atoms with Gasteiger partial charge in [0.1, 0.15) is 17.6 Å². The van der Waals surface area contributed by atoms with Crippen LogP contribution >= 0.6 is 11.3 Å². The van der Waals surface area contributed by atoms with Crippen LogP contribution in [-0.4, -0.2) is 21.8 Å². The van der Waals surface area contributed by atoms with E-state index in [1.165, 1.54) is 22.5 Å². The number of ketones is 1. The Morgan fingerprint density at radius 2 is 1.81 bits per heavy atom. The van der Waals surface area contributed by atoms with Crippen LogP contribution in [0, 0.1) is 20.8 Å². The molecule has 5 rings (SSSR count). The first-order valence-corrected chi connectivity index (χ1v) is 11.0. The van der Waals surface area contributed by atoms with Crippen molar-refractivity contribution in [3.8, 4) is 0 Å². The molecule has 0 bridgehead atoms. The van der Waals surface area contributed by atoms with Crippen molar-refractivity contribution in [3.63, 3.8) is 0 Å². The molecule has 4 aromatic rings. The Bertz CT molecular complexity index is 1420. The molecule has 0 saturated carbocycles. The molecule has 1 amide bonds. The molecule has 1 aliphatic heterocycles. The van der Waals surface area contributed by atoms with Crippen LogP contribution in [0.1, 0.15) is 34.1 Å². The Hall–Kier alpha value is -3.71. The van der Waals surface area contributed by atoms with E-state index in [1.807, 2.05) is 51.1 Å². The summed E-state index contributed by atoms with van der Waals surface area (Å²) in [5.74, 6) is -1.34. The number of furan rings is 1. The van der Waals surface area contributed by atoms with Crippen molar-refractivity contribution in [2.45, 2.75) is 26.8 Å². The van der Waals surface area contributed by atoms with Gasteiger partial charge in [-0.05, 0) is 62.2 Å². The quantitative estimate of drug-likeness (QED) is 0.258. The number of anilines is 1. The lowest BCUT2D eigenvalue weighted by Crippen LogP contribution is -2.29. The number of nitrogens with zero attached hydrogens (tertiary/aromatic N) is 2. The summed E-state index contributed by atoms with van der Waals surface area (Å²) in [6.45, 7) is 5.74. The average Bonchev–Trinajstić information content (AvgIpc) is 3.48. The fourth-order valence-electron chi connectivity index (χ4n) is 4.00. The minimum absolute atomic E-state index is 0.00548. The fourth-order valence-corrected chi connectivity index (χ4v) is 5.10. The number of fused-ring (bicyclic) bond motifs is 1. The van der Waals surface area contributed by atoms with Crippen LogP contribution in [0.25, 0.3) is 16.0 Å². The SMILES string of the molecule is Cc1ccc(C)c(/C(O)=C2\C(=O)C(=O)N(c3nc4ccc(C)cc4s3)C2c2ccco2)c1. The topological polar surface area (TPSA) is 83.6 Å². The van der Waals surface area contributed by atoms with Crippen molar-refractivity contribution in [2.75, 3.05) is 4.90 Å². The van der Waals surface area contributed by atoms with Crippen molar-refractivity contribution in [1.82, 2.24) is 4.98 Å². The Kier molecular flexibility index (Phi) is 4.71. The van der Waals surface area contributed by atoms with Crippen LogP contribution in [0.3, 0.4) is 0 Å². The molecule has 1 fully saturated rings. The molecule has 6 nitrogen and oxygen atoms in total. The maximum Gasteiger partial charge on any atom is 0.302 e. The molecule has 160 valence electrons. The molecule has 32 heavy (non-hydrogen) atoms. The van der Waals surface area contributed by atoms with Crippen LogP contribution < -0.4 is 4.90 Å². The number of thiazole rings is 1. The van der Waals surface area contributed by atoms with E-state index in [9.17, 15) is 14.7 Å². The third-order valence-electron chi connectivity index (χ3n) is 5.64. The number of aromatic nitrogens is 1. The summed E-state index contributed by atoms with van der Waals surface area (Å²) < 4.78 is 6.53. The van der Waals surface area contributed by atoms with Crippen LogP contribution in [-0.2, 0) is 9.59 Å². The molecular weight excluding hydrogens is 424 g/mol. The van der Waals surface area contributed by atoms with E-state index in [-0.39, 0.29) is 11.3 Å². The lowest BCUT2D eigenvalue weighted by molar-refractivity contribution is -0.132. The van der Waals surface area contributed by atoms with E-state index in [0.717, 1.165) is 26.9 Å². The predicted octanol–water partition coefficient (Wildman–Crippen LogP) is 5.44. The Labute approximate surface area is 188 Å². The minimum Gasteiger partial charge on any atom is -0.507 e.